The molecule has 0 saturated carbocycles. The Balaban J connectivity index is 2.41. The Hall–Kier alpha value is 0.650. The molecule has 12 heavy (non-hydrogen) atoms. The third-order valence-electron chi connectivity index (χ3n) is 2.06. The Morgan fingerprint density at radius 3 is 2.42 bits per heavy atom. The molecule has 0 amide bonds. The minimum absolute atomic E-state index is 0.0470. The molecule has 1 saturated heterocycles. The monoisotopic (exact) mass is 284 g/mol. The maximum atomic E-state index is 5.81. The lowest BCUT2D eigenvalue weighted by atomic mass is 10.0. The van der Waals surface area contributed by atoms with E-state index < -0.39 is 0 Å². The van der Waals surface area contributed by atoms with Gasteiger partial charge in [-0.2, -0.15) is 0 Å². The summed E-state index contributed by atoms with van der Waals surface area (Å²) in [4.78, 5) is 0. The van der Waals surface area contributed by atoms with Gasteiger partial charge in [0.2, 0.25) is 0 Å². The predicted molar refractivity (Wildman–Crippen MR) is 57.6 cm³/mol. The molecule has 0 spiro atoms. The second-order valence-corrected chi connectivity index (χ2v) is 5.11. The summed E-state index contributed by atoms with van der Waals surface area (Å²) in [6.45, 7) is 6.81. The van der Waals surface area contributed by atoms with E-state index in [-0.39, 0.29) is 11.4 Å². The van der Waals surface area contributed by atoms with Gasteiger partial charge in [0.1, 0.15) is 0 Å². The largest absolute Gasteiger partial charge is 0.348 e. The van der Waals surface area contributed by atoms with Gasteiger partial charge in [0.25, 0.3) is 0 Å². The van der Waals surface area contributed by atoms with Crippen LogP contribution >= 0.6 is 22.6 Å². The summed E-state index contributed by atoms with van der Waals surface area (Å²) in [6, 6.07) is 0. The molecule has 1 atom stereocenters. The lowest BCUT2D eigenvalue weighted by molar-refractivity contribution is -0.158. The topological polar surface area (TPSA) is 18.5 Å². The Kier molecular flexibility index (Phi) is 3.40. The van der Waals surface area contributed by atoms with Gasteiger partial charge < -0.3 is 9.47 Å². The van der Waals surface area contributed by atoms with Crippen molar-refractivity contribution in [1.82, 2.24) is 0 Å². The molecule has 3 heteroatoms. The van der Waals surface area contributed by atoms with Crippen LogP contribution in [-0.2, 0) is 9.47 Å². The van der Waals surface area contributed by atoms with E-state index in [0.29, 0.717) is 0 Å². The molecule has 1 aliphatic rings. The van der Waals surface area contributed by atoms with Crippen LogP contribution in [0.15, 0.2) is 0 Å². The van der Waals surface area contributed by atoms with Crippen LogP contribution in [0.3, 0.4) is 0 Å². The van der Waals surface area contributed by atoms with Crippen LogP contribution in [0.4, 0.5) is 0 Å². The molecule has 72 valence electrons. The van der Waals surface area contributed by atoms with E-state index in [0.717, 1.165) is 13.0 Å². The van der Waals surface area contributed by atoms with E-state index in [1.54, 1.807) is 0 Å². The normalized spacial score (nSPS) is 34.0. The van der Waals surface area contributed by atoms with Gasteiger partial charge in [-0.3, -0.25) is 0 Å². The smallest absolute Gasteiger partial charge is 0.163 e. The number of alkyl halides is 1. The quantitative estimate of drug-likeness (QED) is 0.586. The fourth-order valence-corrected chi connectivity index (χ4v) is 1.92. The molecule has 1 fully saturated rings. The Bertz CT molecular complexity index is 159. The average molecular weight is 284 g/mol. The molecule has 1 heterocycles. The summed E-state index contributed by atoms with van der Waals surface area (Å²) < 4.78 is 12.5. The van der Waals surface area contributed by atoms with E-state index in [1.165, 1.54) is 10.8 Å². The highest BCUT2D eigenvalue weighted by Crippen LogP contribution is 2.33. The van der Waals surface area contributed by atoms with E-state index in [4.69, 9.17) is 9.47 Å². The van der Waals surface area contributed by atoms with Crippen molar-refractivity contribution in [2.24, 2.45) is 0 Å². The molecule has 0 aliphatic carbocycles. The molecule has 1 unspecified atom stereocenters. The molecule has 0 aromatic heterocycles. The SMILES string of the molecule is CC1(CCCI)COC(C)(C)O1. The van der Waals surface area contributed by atoms with Crippen molar-refractivity contribution in [2.75, 3.05) is 11.0 Å². The summed E-state index contributed by atoms with van der Waals surface area (Å²) in [5.41, 5.74) is -0.0470. The molecule has 0 N–H and O–H groups in total. The van der Waals surface area contributed by atoms with Gasteiger partial charge in [-0.05, 0) is 38.0 Å². The maximum absolute atomic E-state index is 5.81. The molecule has 1 rings (SSSR count). The first-order valence-corrected chi connectivity index (χ1v) is 5.90. The first kappa shape index (κ1) is 10.7. The van der Waals surface area contributed by atoms with Crippen molar-refractivity contribution >= 4 is 22.6 Å². The fraction of sp³-hybridized carbons (Fsp3) is 1.00. The molecule has 0 radical (unpaired) electrons. The van der Waals surface area contributed by atoms with Crippen LogP contribution in [0.25, 0.3) is 0 Å². The van der Waals surface area contributed by atoms with Gasteiger partial charge in [0, 0.05) is 0 Å². The maximum Gasteiger partial charge on any atom is 0.163 e. The van der Waals surface area contributed by atoms with Gasteiger partial charge in [-0.1, -0.05) is 22.6 Å². The van der Waals surface area contributed by atoms with Gasteiger partial charge in [-0.15, -0.1) is 0 Å². The summed E-state index contributed by atoms with van der Waals surface area (Å²) in [5, 5.41) is 0. The molecule has 1 aliphatic heterocycles. The molecule has 2 nitrogen and oxygen atoms in total. The van der Waals surface area contributed by atoms with Gasteiger partial charge >= 0.3 is 0 Å². The Morgan fingerprint density at radius 1 is 1.33 bits per heavy atom. The number of halogens is 1. The molecule has 0 aromatic carbocycles. The number of hydrogen-bond donors (Lipinski definition) is 0. The van der Waals surface area contributed by atoms with Crippen molar-refractivity contribution in [2.45, 2.75) is 45.0 Å². The van der Waals surface area contributed by atoms with Crippen molar-refractivity contribution in [1.29, 1.82) is 0 Å². The van der Waals surface area contributed by atoms with Gasteiger partial charge in [0.15, 0.2) is 5.79 Å². The standard InChI is InChI=1S/C9H17IO2/c1-8(2)11-7-9(3,12-8)5-4-6-10/h4-7H2,1-3H3. The van der Waals surface area contributed by atoms with E-state index >= 15 is 0 Å². The van der Waals surface area contributed by atoms with Crippen LogP contribution in [-0.4, -0.2) is 22.4 Å². The van der Waals surface area contributed by atoms with Gasteiger partial charge in [0.05, 0.1) is 12.2 Å². The summed E-state index contributed by atoms with van der Waals surface area (Å²) in [5.74, 6) is -0.375. The Morgan fingerprint density at radius 2 is 2.00 bits per heavy atom. The number of ether oxygens (including phenoxy) is 2. The molecule has 0 bridgehead atoms. The highest BCUT2D eigenvalue weighted by Gasteiger charge is 2.41. The first-order valence-electron chi connectivity index (χ1n) is 4.38. The van der Waals surface area contributed by atoms with Crippen molar-refractivity contribution < 1.29 is 9.47 Å². The van der Waals surface area contributed by atoms with Crippen LogP contribution in [0, 0.1) is 0 Å². The zero-order valence-electron chi connectivity index (χ0n) is 8.02. The van der Waals surface area contributed by atoms with Crippen LogP contribution < -0.4 is 0 Å². The minimum Gasteiger partial charge on any atom is -0.348 e. The third-order valence-corrected chi connectivity index (χ3v) is 2.82. The first-order chi connectivity index (χ1) is 5.47. The van der Waals surface area contributed by atoms with Crippen LogP contribution in [0.1, 0.15) is 33.6 Å². The lowest BCUT2D eigenvalue weighted by Crippen LogP contribution is -2.30. The van der Waals surface area contributed by atoms with Crippen molar-refractivity contribution in [3.05, 3.63) is 0 Å². The van der Waals surface area contributed by atoms with Crippen LogP contribution in [0.2, 0.25) is 0 Å². The zero-order valence-corrected chi connectivity index (χ0v) is 10.2. The van der Waals surface area contributed by atoms with E-state index in [1.807, 2.05) is 13.8 Å². The molecule has 0 aromatic rings. The van der Waals surface area contributed by atoms with E-state index in [2.05, 4.69) is 29.5 Å². The summed E-state index contributed by atoms with van der Waals surface area (Å²) in [7, 11) is 0. The highest BCUT2D eigenvalue weighted by molar-refractivity contribution is 14.1. The molecular weight excluding hydrogens is 267 g/mol. The zero-order chi connectivity index (χ0) is 9.24. The fourth-order valence-electron chi connectivity index (χ4n) is 1.54. The second kappa shape index (κ2) is 3.80. The summed E-state index contributed by atoms with van der Waals surface area (Å²) >= 11 is 2.39. The average Bonchev–Trinajstić information content (AvgIpc) is 2.23. The minimum atomic E-state index is -0.375. The van der Waals surface area contributed by atoms with Crippen molar-refractivity contribution in [3.63, 3.8) is 0 Å². The van der Waals surface area contributed by atoms with Gasteiger partial charge in [-0.25, -0.2) is 0 Å². The van der Waals surface area contributed by atoms with Crippen molar-refractivity contribution in [3.8, 4) is 0 Å². The van der Waals surface area contributed by atoms with E-state index in [9.17, 15) is 0 Å². The number of hydrogen-bond acceptors (Lipinski definition) is 2. The predicted octanol–water partition coefficient (Wildman–Crippen LogP) is 2.74. The lowest BCUT2D eigenvalue weighted by Gasteiger charge is -2.24. The second-order valence-electron chi connectivity index (χ2n) is 4.03. The summed E-state index contributed by atoms with van der Waals surface area (Å²) in [6.07, 6.45) is 2.30. The van der Waals surface area contributed by atoms with Crippen LogP contribution in [0.5, 0.6) is 0 Å². The third kappa shape index (κ3) is 2.85. The number of rotatable bonds is 3. The molecular formula is C9H17IO2. The Labute approximate surface area is 88.1 Å². The highest BCUT2D eigenvalue weighted by atomic mass is 127.